The number of carbonyl (C=O) groups excluding carboxylic acids is 1. The summed E-state index contributed by atoms with van der Waals surface area (Å²) >= 11 is 0. The van der Waals surface area contributed by atoms with Crippen LogP contribution in [0, 0.1) is 0 Å². The van der Waals surface area contributed by atoms with Gasteiger partial charge in [-0.1, -0.05) is 6.92 Å². The molecule has 0 bridgehead atoms. The lowest BCUT2D eigenvalue weighted by Crippen LogP contribution is -2.41. The van der Waals surface area contributed by atoms with Gasteiger partial charge in [-0.05, 0) is 13.3 Å². The van der Waals surface area contributed by atoms with Crippen molar-refractivity contribution in [3.63, 3.8) is 0 Å². The number of hydrogen-bond donors (Lipinski definition) is 2. The van der Waals surface area contributed by atoms with Crippen molar-refractivity contribution in [2.45, 2.75) is 38.8 Å². The molecular weight excluding hydrogens is 180 g/mol. The Labute approximate surface area is 86.3 Å². The van der Waals surface area contributed by atoms with E-state index < -0.39 is 0 Å². The van der Waals surface area contributed by atoms with Crippen LogP contribution in [-0.2, 0) is 4.79 Å². The van der Waals surface area contributed by atoms with E-state index in [0.29, 0.717) is 6.42 Å². The zero-order valence-electron chi connectivity index (χ0n) is 9.58. The first-order valence-corrected chi connectivity index (χ1v) is 5.08. The lowest BCUT2D eigenvalue weighted by Gasteiger charge is -2.21. The van der Waals surface area contributed by atoms with Crippen molar-refractivity contribution >= 4 is 5.91 Å². The summed E-state index contributed by atoms with van der Waals surface area (Å²) in [6.07, 6.45) is 1.35. The zero-order chi connectivity index (χ0) is 11.1. The third kappa shape index (κ3) is 5.19. The average Bonchev–Trinajstić information content (AvgIpc) is 2.13. The van der Waals surface area contributed by atoms with Crippen LogP contribution in [0.25, 0.3) is 0 Å². The quantitative estimate of drug-likeness (QED) is 0.647. The summed E-state index contributed by atoms with van der Waals surface area (Å²) < 4.78 is 0. The Kier molecular flexibility index (Phi) is 6.49. The number of amides is 1. The summed E-state index contributed by atoms with van der Waals surface area (Å²) in [6.45, 7) is 4.09. The van der Waals surface area contributed by atoms with E-state index >= 15 is 0 Å². The number of hydrogen-bond acceptors (Lipinski definition) is 3. The number of carbonyl (C=O) groups is 1. The first kappa shape index (κ1) is 13.4. The summed E-state index contributed by atoms with van der Waals surface area (Å²) in [7, 11) is 3.50. The molecule has 0 aliphatic rings. The van der Waals surface area contributed by atoms with E-state index in [2.05, 4.69) is 5.32 Å². The second-order valence-electron chi connectivity index (χ2n) is 3.85. The predicted octanol–water partition coefficient (Wildman–Crippen LogP) is 0.214. The van der Waals surface area contributed by atoms with Gasteiger partial charge in [-0.15, -0.1) is 0 Å². The molecule has 0 aromatic carbocycles. The van der Waals surface area contributed by atoms with Crippen LogP contribution >= 0.6 is 0 Å². The van der Waals surface area contributed by atoms with Crippen molar-refractivity contribution in [1.29, 1.82) is 0 Å². The van der Waals surface area contributed by atoms with E-state index in [1.165, 1.54) is 0 Å². The zero-order valence-corrected chi connectivity index (χ0v) is 9.58. The second-order valence-corrected chi connectivity index (χ2v) is 3.85. The maximum atomic E-state index is 11.3. The molecule has 84 valence electrons. The predicted molar refractivity (Wildman–Crippen MR) is 57.1 cm³/mol. The molecule has 0 saturated carbocycles. The van der Waals surface area contributed by atoms with Crippen molar-refractivity contribution in [3.8, 4) is 0 Å². The highest BCUT2D eigenvalue weighted by molar-refractivity contribution is 5.76. The van der Waals surface area contributed by atoms with Gasteiger partial charge in [0.05, 0.1) is 6.61 Å². The van der Waals surface area contributed by atoms with Gasteiger partial charge >= 0.3 is 0 Å². The fraction of sp³-hybridized carbons (Fsp3) is 0.900. The van der Waals surface area contributed by atoms with E-state index in [9.17, 15) is 4.79 Å². The Bertz CT molecular complexity index is 168. The lowest BCUT2D eigenvalue weighted by atomic mass is 10.1. The normalized spacial score (nSPS) is 14.9. The first-order valence-electron chi connectivity index (χ1n) is 5.08. The molecular formula is C10H22N2O2. The number of nitrogens with one attached hydrogen (secondary N) is 1. The molecule has 0 aromatic rings. The summed E-state index contributed by atoms with van der Waals surface area (Å²) in [5, 5.41) is 12.2. The molecule has 2 atom stereocenters. The molecule has 0 aliphatic heterocycles. The standard InChI is InChI=1S/C10H22N2O2/c1-5-9(7-13)11-8(2)6-10(14)12(3)4/h8-9,11,13H,5-7H2,1-4H3. The van der Waals surface area contributed by atoms with Crippen LogP contribution in [0.5, 0.6) is 0 Å². The molecule has 0 spiro atoms. The van der Waals surface area contributed by atoms with Crippen LogP contribution < -0.4 is 5.32 Å². The minimum atomic E-state index is 0.0972. The molecule has 14 heavy (non-hydrogen) atoms. The molecule has 4 nitrogen and oxygen atoms in total. The summed E-state index contributed by atoms with van der Waals surface area (Å²) in [6, 6.07) is 0.210. The van der Waals surface area contributed by atoms with Crippen molar-refractivity contribution < 1.29 is 9.90 Å². The van der Waals surface area contributed by atoms with Crippen LogP contribution in [0.4, 0.5) is 0 Å². The molecule has 0 rings (SSSR count). The van der Waals surface area contributed by atoms with Gasteiger partial charge in [0.25, 0.3) is 0 Å². The number of aliphatic hydroxyl groups excluding tert-OH is 1. The van der Waals surface area contributed by atoms with Gasteiger partial charge in [0.1, 0.15) is 0 Å². The van der Waals surface area contributed by atoms with Crippen LogP contribution in [0.3, 0.4) is 0 Å². The first-order chi connectivity index (χ1) is 6.51. The smallest absolute Gasteiger partial charge is 0.223 e. The Hall–Kier alpha value is -0.610. The van der Waals surface area contributed by atoms with Crippen molar-refractivity contribution in [2.24, 2.45) is 0 Å². The lowest BCUT2D eigenvalue weighted by molar-refractivity contribution is -0.129. The fourth-order valence-corrected chi connectivity index (χ4v) is 1.21. The SMILES string of the molecule is CCC(CO)NC(C)CC(=O)N(C)C. The minimum absolute atomic E-state index is 0.0972. The topological polar surface area (TPSA) is 52.6 Å². The maximum absolute atomic E-state index is 11.3. The van der Waals surface area contributed by atoms with Crippen LogP contribution in [0.1, 0.15) is 26.7 Å². The van der Waals surface area contributed by atoms with Gasteiger partial charge in [-0.2, -0.15) is 0 Å². The maximum Gasteiger partial charge on any atom is 0.223 e. The molecule has 0 heterocycles. The average molecular weight is 202 g/mol. The minimum Gasteiger partial charge on any atom is -0.395 e. The highest BCUT2D eigenvalue weighted by Crippen LogP contribution is 1.98. The van der Waals surface area contributed by atoms with E-state index in [1.807, 2.05) is 13.8 Å². The molecule has 1 amide bonds. The van der Waals surface area contributed by atoms with Crippen molar-refractivity contribution in [2.75, 3.05) is 20.7 Å². The van der Waals surface area contributed by atoms with Crippen molar-refractivity contribution in [1.82, 2.24) is 10.2 Å². The van der Waals surface area contributed by atoms with Gasteiger partial charge in [0, 0.05) is 32.6 Å². The third-order valence-electron chi connectivity index (χ3n) is 2.21. The molecule has 0 radical (unpaired) electrons. The highest BCUT2D eigenvalue weighted by atomic mass is 16.3. The Balaban J connectivity index is 3.84. The molecule has 0 aromatic heterocycles. The number of aliphatic hydroxyl groups is 1. The monoisotopic (exact) mass is 202 g/mol. The van der Waals surface area contributed by atoms with Gasteiger partial charge in [-0.3, -0.25) is 4.79 Å². The van der Waals surface area contributed by atoms with E-state index in [1.54, 1.807) is 19.0 Å². The third-order valence-corrected chi connectivity index (χ3v) is 2.21. The fourth-order valence-electron chi connectivity index (χ4n) is 1.21. The number of rotatable bonds is 6. The molecule has 4 heteroatoms. The van der Waals surface area contributed by atoms with Crippen molar-refractivity contribution in [3.05, 3.63) is 0 Å². The highest BCUT2D eigenvalue weighted by Gasteiger charge is 2.13. The Morgan fingerprint density at radius 1 is 1.50 bits per heavy atom. The van der Waals surface area contributed by atoms with Crippen LogP contribution in [-0.4, -0.2) is 48.7 Å². The Morgan fingerprint density at radius 3 is 2.43 bits per heavy atom. The van der Waals surface area contributed by atoms with Crippen LogP contribution in [0.15, 0.2) is 0 Å². The van der Waals surface area contributed by atoms with Gasteiger partial charge in [0.15, 0.2) is 0 Å². The van der Waals surface area contributed by atoms with Gasteiger partial charge < -0.3 is 15.3 Å². The van der Waals surface area contributed by atoms with E-state index in [4.69, 9.17) is 5.11 Å². The van der Waals surface area contributed by atoms with Gasteiger partial charge in [0.2, 0.25) is 5.91 Å². The molecule has 2 unspecified atom stereocenters. The van der Waals surface area contributed by atoms with E-state index in [-0.39, 0.29) is 24.6 Å². The largest absolute Gasteiger partial charge is 0.395 e. The summed E-state index contributed by atoms with van der Waals surface area (Å²) in [5.74, 6) is 0.109. The molecule has 0 saturated heterocycles. The second kappa shape index (κ2) is 6.79. The molecule has 2 N–H and O–H groups in total. The summed E-state index contributed by atoms with van der Waals surface area (Å²) in [4.78, 5) is 12.9. The number of nitrogens with zero attached hydrogens (tertiary/aromatic N) is 1. The van der Waals surface area contributed by atoms with E-state index in [0.717, 1.165) is 6.42 Å². The Morgan fingerprint density at radius 2 is 2.07 bits per heavy atom. The van der Waals surface area contributed by atoms with Crippen LogP contribution in [0.2, 0.25) is 0 Å². The molecule has 0 fully saturated rings. The molecule has 0 aliphatic carbocycles. The summed E-state index contributed by atoms with van der Waals surface area (Å²) in [5.41, 5.74) is 0. The van der Waals surface area contributed by atoms with Gasteiger partial charge in [-0.25, -0.2) is 0 Å².